The van der Waals surface area contributed by atoms with Crippen LogP contribution in [0.3, 0.4) is 0 Å². The summed E-state index contributed by atoms with van der Waals surface area (Å²) in [5.74, 6) is -0.821. The summed E-state index contributed by atoms with van der Waals surface area (Å²) < 4.78 is 5.36. The number of carboxylic acids is 1. The molecule has 1 saturated carbocycles. The fourth-order valence-electron chi connectivity index (χ4n) is 2.15. The maximum absolute atomic E-state index is 11.8. The highest BCUT2D eigenvalue weighted by Gasteiger charge is 2.33. The lowest BCUT2D eigenvalue weighted by atomic mass is 10.0. The summed E-state index contributed by atoms with van der Waals surface area (Å²) in [6.45, 7) is 5.85. The maximum atomic E-state index is 11.8. The van der Waals surface area contributed by atoms with Crippen LogP contribution < -0.4 is 5.32 Å². The topological polar surface area (TPSA) is 75.6 Å². The molecule has 1 aliphatic rings. The van der Waals surface area contributed by atoms with Crippen molar-refractivity contribution in [2.24, 2.45) is 17.8 Å². The number of hydrogen-bond donors (Lipinski definition) is 2. The van der Waals surface area contributed by atoms with Crippen molar-refractivity contribution >= 4 is 11.9 Å². The van der Waals surface area contributed by atoms with Crippen molar-refractivity contribution in [2.75, 3.05) is 19.8 Å². The minimum Gasteiger partial charge on any atom is -0.481 e. The Morgan fingerprint density at radius 3 is 2.56 bits per heavy atom. The Balaban J connectivity index is 2.12. The van der Waals surface area contributed by atoms with Crippen molar-refractivity contribution in [1.82, 2.24) is 5.32 Å². The molecule has 0 aromatic heterocycles. The van der Waals surface area contributed by atoms with Crippen molar-refractivity contribution in [3.8, 4) is 0 Å². The molecule has 1 aliphatic carbocycles. The van der Waals surface area contributed by atoms with Gasteiger partial charge in [0, 0.05) is 19.1 Å². The van der Waals surface area contributed by atoms with Crippen LogP contribution in [0, 0.1) is 17.8 Å². The lowest BCUT2D eigenvalue weighted by molar-refractivity contribution is -0.141. The van der Waals surface area contributed by atoms with Gasteiger partial charge in [0.05, 0.1) is 12.5 Å². The average molecular weight is 257 g/mol. The van der Waals surface area contributed by atoms with Crippen LogP contribution in [-0.2, 0) is 14.3 Å². The van der Waals surface area contributed by atoms with E-state index in [0.29, 0.717) is 44.9 Å². The molecule has 2 N–H and O–H groups in total. The number of carbonyl (C=O) groups excluding carboxylic acids is 1. The molecule has 1 rings (SSSR count). The lowest BCUT2D eigenvalue weighted by Crippen LogP contribution is -2.32. The second-order valence-corrected chi connectivity index (χ2v) is 5.30. The third kappa shape index (κ3) is 5.04. The van der Waals surface area contributed by atoms with Gasteiger partial charge in [-0.15, -0.1) is 0 Å². The van der Waals surface area contributed by atoms with Crippen LogP contribution in [0.1, 0.15) is 33.1 Å². The molecule has 0 aromatic rings. The molecule has 0 aliphatic heterocycles. The van der Waals surface area contributed by atoms with Gasteiger partial charge in [-0.2, -0.15) is 0 Å². The zero-order valence-corrected chi connectivity index (χ0v) is 11.1. The number of aliphatic carboxylic acids is 1. The SMILES string of the molecule is CC(C)COCCNC(=O)[C@@H]1CC[C@H](C(=O)O)C1. The van der Waals surface area contributed by atoms with Crippen LogP contribution in [0.2, 0.25) is 0 Å². The van der Waals surface area contributed by atoms with Crippen molar-refractivity contribution in [1.29, 1.82) is 0 Å². The molecule has 0 unspecified atom stereocenters. The third-order valence-electron chi connectivity index (χ3n) is 3.15. The highest BCUT2D eigenvalue weighted by Crippen LogP contribution is 2.30. The normalized spacial score (nSPS) is 23.3. The van der Waals surface area contributed by atoms with Gasteiger partial charge in [-0.05, 0) is 25.2 Å². The maximum Gasteiger partial charge on any atom is 0.306 e. The van der Waals surface area contributed by atoms with Gasteiger partial charge in [0.25, 0.3) is 0 Å². The molecule has 0 radical (unpaired) electrons. The molecule has 2 atom stereocenters. The number of amides is 1. The van der Waals surface area contributed by atoms with Crippen LogP contribution in [-0.4, -0.2) is 36.7 Å². The molecular formula is C13H23NO4. The number of rotatable bonds is 7. The molecule has 0 bridgehead atoms. The van der Waals surface area contributed by atoms with Gasteiger partial charge in [0.15, 0.2) is 0 Å². The van der Waals surface area contributed by atoms with Crippen LogP contribution in [0.5, 0.6) is 0 Å². The van der Waals surface area contributed by atoms with E-state index in [1.54, 1.807) is 0 Å². The number of carboxylic acid groups (broad SMARTS) is 1. The standard InChI is InChI=1S/C13H23NO4/c1-9(2)8-18-6-5-14-12(15)10-3-4-11(7-10)13(16)17/h9-11H,3-8H2,1-2H3,(H,14,15)(H,16,17)/t10-,11+/m1/s1. The predicted molar refractivity (Wildman–Crippen MR) is 67.1 cm³/mol. The van der Waals surface area contributed by atoms with E-state index < -0.39 is 5.97 Å². The van der Waals surface area contributed by atoms with Crippen molar-refractivity contribution in [3.63, 3.8) is 0 Å². The molecule has 0 heterocycles. The number of nitrogens with one attached hydrogen (secondary N) is 1. The highest BCUT2D eigenvalue weighted by atomic mass is 16.5. The first-order valence-electron chi connectivity index (χ1n) is 6.59. The van der Waals surface area contributed by atoms with Gasteiger partial charge in [-0.3, -0.25) is 9.59 Å². The quantitative estimate of drug-likeness (QED) is 0.674. The summed E-state index contributed by atoms with van der Waals surface area (Å²) in [7, 11) is 0. The second kappa shape index (κ2) is 7.36. The van der Waals surface area contributed by atoms with Gasteiger partial charge in [0.1, 0.15) is 0 Å². The Kier molecular flexibility index (Phi) is 6.12. The van der Waals surface area contributed by atoms with Crippen molar-refractivity contribution < 1.29 is 19.4 Å². The summed E-state index contributed by atoms with van der Waals surface area (Å²) in [5.41, 5.74) is 0. The molecule has 104 valence electrons. The van der Waals surface area contributed by atoms with Crippen LogP contribution >= 0.6 is 0 Å². The summed E-state index contributed by atoms with van der Waals surface area (Å²) in [6, 6.07) is 0. The van der Waals surface area contributed by atoms with E-state index in [2.05, 4.69) is 19.2 Å². The van der Waals surface area contributed by atoms with Gasteiger partial charge in [-0.1, -0.05) is 13.8 Å². The smallest absolute Gasteiger partial charge is 0.306 e. The summed E-state index contributed by atoms with van der Waals surface area (Å²) in [5, 5.41) is 11.7. The Labute approximate surface area is 108 Å². The zero-order chi connectivity index (χ0) is 13.5. The van der Waals surface area contributed by atoms with Crippen LogP contribution in [0.15, 0.2) is 0 Å². The van der Waals surface area contributed by atoms with E-state index in [0.717, 1.165) is 0 Å². The largest absolute Gasteiger partial charge is 0.481 e. The first-order chi connectivity index (χ1) is 8.50. The van der Waals surface area contributed by atoms with E-state index in [1.807, 2.05) is 0 Å². The average Bonchev–Trinajstić information content (AvgIpc) is 2.77. The zero-order valence-electron chi connectivity index (χ0n) is 11.1. The van der Waals surface area contributed by atoms with Crippen molar-refractivity contribution in [2.45, 2.75) is 33.1 Å². The van der Waals surface area contributed by atoms with E-state index in [4.69, 9.17) is 9.84 Å². The first-order valence-corrected chi connectivity index (χ1v) is 6.59. The third-order valence-corrected chi connectivity index (χ3v) is 3.15. The van der Waals surface area contributed by atoms with Crippen LogP contribution in [0.25, 0.3) is 0 Å². The van der Waals surface area contributed by atoms with Gasteiger partial charge < -0.3 is 15.2 Å². The Morgan fingerprint density at radius 2 is 2.00 bits per heavy atom. The Bertz CT molecular complexity index is 291. The first kappa shape index (κ1) is 15.0. The lowest BCUT2D eigenvalue weighted by Gasteiger charge is -2.11. The number of carbonyl (C=O) groups is 2. The van der Waals surface area contributed by atoms with E-state index in [9.17, 15) is 9.59 Å². The second-order valence-electron chi connectivity index (χ2n) is 5.30. The van der Waals surface area contributed by atoms with E-state index >= 15 is 0 Å². The van der Waals surface area contributed by atoms with Crippen LogP contribution in [0.4, 0.5) is 0 Å². The molecular weight excluding hydrogens is 234 g/mol. The summed E-state index contributed by atoms with van der Waals surface area (Å²) in [4.78, 5) is 22.5. The fourth-order valence-corrected chi connectivity index (χ4v) is 2.15. The molecule has 5 nitrogen and oxygen atoms in total. The molecule has 1 fully saturated rings. The van der Waals surface area contributed by atoms with Gasteiger partial charge in [-0.25, -0.2) is 0 Å². The molecule has 0 aromatic carbocycles. The summed E-state index contributed by atoms with van der Waals surface area (Å²) in [6.07, 6.45) is 1.75. The fraction of sp³-hybridized carbons (Fsp3) is 0.846. The minimum absolute atomic E-state index is 0.0353. The summed E-state index contributed by atoms with van der Waals surface area (Å²) >= 11 is 0. The van der Waals surface area contributed by atoms with Gasteiger partial charge in [0.2, 0.25) is 5.91 Å². The molecule has 1 amide bonds. The number of hydrogen-bond acceptors (Lipinski definition) is 3. The monoisotopic (exact) mass is 257 g/mol. The molecule has 0 spiro atoms. The predicted octanol–water partition coefficient (Wildman–Crippen LogP) is 1.28. The Hall–Kier alpha value is -1.10. The number of ether oxygens (including phenoxy) is 1. The van der Waals surface area contributed by atoms with Crippen molar-refractivity contribution in [3.05, 3.63) is 0 Å². The molecule has 0 saturated heterocycles. The molecule has 5 heteroatoms. The van der Waals surface area contributed by atoms with E-state index in [-0.39, 0.29) is 17.7 Å². The Morgan fingerprint density at radius 1 is 1.33 bits per heavy atom. The van der Waals surface area contributed by atoms with Gasteiger partial charge >= 0.3 is 5.97 Å². The van der Waals surface area contributed by atoms with E-state index in [1.165, 1.54) is 0 Å². The minimum atomic E-state index is -0.787. The molecule has 18 heavy (non-hydrogen) atoms. The highest BCUT2D eigenvalue weighted by molar-refractivity contribution is 5.80.